The van der Waals surface area contributed by atoms with Crippen LogP contribution in [0.1, 0.15) is 25.0 Å². The first-order valence-corrected chi connectivity index (χ1v) is 17.7. The van der Waals surface area contributed by atoms with Gasteiger partial charge in [0.2, 0.25) is 0 Å². The second-order valence-electron chi connectivity index (χ2n) is 13.9. The van der Waals surface area contributed by atoms with Crippen molar-refractivity contribution >= 4 is 0 Å². The molecule has 0 spiro atoms. The van der Waals surface area contributed by atoms with Crippen molar-refractivity contribution in [3.05, 3.63) is 169 Å². The normalized spacial score (nSPS) is 13.2. The van der Waals surface area contributed by atoms with Crippen LogP contribution in [0.3, 0.4) is 0 Å². The smallest absolute Gasteiger partial charge is 0.178 e. The third-order valence-electron chi connectivity index (χ3n) is 10.3. The maximum atomic E-state index is 6.62. The first-order valence-electron chi connectivity index (χ1n) is 17.7. The topological polar surface area (TPSA) is 70.0 Å². The second-order valence-corrected chi connectivity index (χ2v) is 13.9. The molecule has 0 fully saturated rings. The molecule has 0 bridgehead atoms. The van der Waals surface area contributed by atoms with Gasteiger partial charge in [-0.2, -0.15) is 0 Å². The van der Waals surface area contributed by atoms with E-state index in [9.17, 15) is 0 Å². The summed E-state index contributed by atoms with van der Waals surface area (Å²) in [6, 6.07) is 51.3. The molecule has 53 heavy (non-hydrogen) atoms. The standard InChI is InChI=1S/C47H32N4O2/c1-47(2)36-16-7-6-15-35(36)42-37(47)23-25-40-43(42)53-39-24-22-32(28-41(39)52-40)29-18-20-31(21-19-29)45-49-44(30-11-4-3-5-12-30)50-46(51-45)34-14-10-13-33(27-34)38-17-8-9-26-48-38/h3-28H,1-2H3. The maximum Gasteiger partial charge on any atom is 0.178 e. The summed E-state index contributed by atoms with van der Waals surface area (Å²) in [5.41, 5.74) is 11.4. The minimum atomic E-state index is -0.113. The molecule has 2 aliphatic rings. The number of hydrogen-bond acceptors (Lipinski definition) is 6. The van der Waals surface area contributed by atoms with E-state index in [-0.39, 0.29) is 5.41 Å². The lowest BCUT2D eigenvalue weighted by Crippen LogP contribution is -2.15. The number of aromatic nitrogens is 4. The lowest BCUT2D eigenvalue weighted by molar-refractivity contribution is 0.360. The van der Waals surface area contributed by atoms with E-state index in [2.05, 4.69) is 85.6 Å². The molecular weight excluding hydrogens is 653 g/mol. The Morgan fingerprint density at radius 1 is 0.434 bits per heavy atom. The third kappa shape index (κ3) is 5.26. The number of nitrogens with zero attached hydrogens (tertiary/aromatic N) is 4. The van der Waals surface area contributed by atoms with E-state index in [0.717, 1.165) is 56.1 Å². The number of pyridine rings is 1. The highest BCUT2D eigenvalue weighted by Crippen LogP contribution is 2.58. The molecule has 252 valence electrons. The van der Waals surface area contributed by atoms with Crippen molar-refractivity contribution in [2.24, 2.45) is 0 Å². The Balaban J connectivity index is 0.978. The van der Waals surface area contributed by atoms with Crippen molar-refractivity contribution in [3.8, 4) is 90.7 Å². The molecule has 0 N–H and O–H groups in total. The molecule has 8 aromatic rings. The Morgan fingerprint density at radius 3 is 1.87 bits per heavy atom. The van der Waals surface area contributed by atoms with Gasteiger partial charge in [0.05, 0.1) is 5.69 Å². The highest BCUT2D eigenvalue weighted by Gasteiger charge is 2.39. The molecule has 1 aliphatic carbocycles. The average Bonchev–Trinajstić information content (AvgIpc) is 3.46. The van der Waals surface area contributed by atoms with E-state index in [1.165, 1.54) is 16.7 Å². The summed E-state index contributed by atoms with van der Waals surface area (Å²) in [6.45, 7) is 4.54. The Morgan fingerprint density at radius 2 is 1.08 bits per heavy atom. The van der Waals surface area contributed by atoms with Gasteiger partial charge in [-0.15, -0.1) is 0 Å². The molecule has 2 aromatic heterocycles. The van der Waals surface area contributed by atoms with Crippen molar-refractivity contribution in [2.75, 3.05) is 0 Å². The Labute approximate surface area is 307 Å². The lowest BCUT2D eigenvalue weighted by Gasteiger charge is -2.25. The SMILES string of the molecule is CC1(C)c2ccccc2-c2c1ccc1c2Oc2ccc(-c3ccc(-c4nc(-c5ccccc5)nc(-c5cccc(-c6ccccn6)c5)n4)cc3)cc2O1. The number of fused-ring (bicyclic) bond motifs is 6. The Kier molecular flexibility index (Phi) is 7.05. The van der Waals surface area contributed by atoms with Crippen molar-refractivity contribution < 1.29 is 9.47 Å². The van der Waals surface area contributed by atoms with E-state index in [4.69, 9.17) is 24.4 Å². The van der Waals surface area contributed by atoms with Crippen molar-refractivity contribution in [2.45, 2.75) is 19.3 Å². The maximum absolute atomic E-state index is 6.62. The minimum Gasteiger partial charge on any atom is -0.449 e. The van der Waals surface area contributed by atoms with Gasteiger partial charge < -0.3 is 9.47 Å². The molecule has 0 saturated heterocycles. The van der Waals surface area contributed by atoms with Gasteiger partial charge in [0.1, 0.15) is 0 Å². The van der Waals surface area contributed by atoms with Gasteiger partial charge in [-0.1, -0.05) is 129 Å². The first kappa shape index (κ1) is 30.9. The quantitative estimate of drug-likeness (QED) is 0.180. The molecule has 0 amide bonds. The molecule has 0 atom stereocenters. The zero-order valence-corrected chi connectivity index (χ0v) is 29.1. The number of benzene rings is 6. The molecule has 6 heteroatoms. The average molecular weight is 685 g/mol. The van der Waals surface area contributed by atoms with Gasteiger partial charge in [0.15, 0.2) is 40.5 Å². The molecule has 6 nitrogen and oxygen atoms in total. The highest BCUT2D eigenvalue weighted by molar-refractivity contribution is 5.88. The van der Waals surface area contributed by atoms with Gasteiger partial charge in [0, 0.05) is 39.4 Å². The summed E-state index contributed by atoms with van der Waals surface area (Å²) in [4.78, 5) is 19.4. The zero-order valence-electron chi connectivity index (χ0n) is 29.1. The monoisotopic (exact) mass is 684 g/mol. The zero-order chi connectivity index (χ0) is 35.5. The fourth-order valence-electron chi connectivity index (χ4n) is 7.52. The van der Waals surface area contributed by atoms with Gasteiger partial charge >= 0.3 is 0 Å². The van der Waals surface area contributed by atoms with Crippen LogP contribution in [0.15, 0.2) is 158 Å². The van der Waals surface area contributed by atoms with Crippen LogP contribution in [0, 0.1) is 0 Å². The van der Waals surface area contributed by atoms with E-state index < -0.39 is 0 Å². The molecule has 10 rings (SSSR count). The summed E-state index contributed by atoms with van der Waals surface area (Å²) >= 11 is 0. The van der Waals surface area contributed by atoms with Crippen LogP contribution in [-0.2, 0) is 5.41 Å². The van der Waals surface area contributed by atoms with Crippen molar-refractivity contribution in [1.82, 2.24) is 19.9 Å². The van der Waals surface area contributed by atoms with Gasteiger partial charge in [0.25, 0.3) is 0 Å². The van der Waals surface area contributed by atoms with Crippen molar-refractivity contribution in [3.63, 3.8) is 0 Å². The lowest BCUT2D eigenvalue weighted by atomic mass is 9.82. The van der Waals surface area contributed by atoms with E-state index in [1.807, 2.05) is 84.9 Å². The van der Waals surface area contributed by atoms with Gasteiger partial charge in [-0.05, 0) is 64.2 Å². The number of rotatable bonds is 5. The fourth-order valence-corrected chi connectivity index (χ4v) is 7.52. The molecular formula is C47H32N4O2. The summed E-state index contributed by atoms with van der Waals surface area (Å²) in [7, 11) is 0. The van der Waals surface area contributed by atoms with Crippen LogP contribution in [0.5, 0.6) is 23.0 Å². The third-order valence-corrected chi connectivity index (χ3v) is 10.3. The largest absolute Gasteiger partial charge is 0.449 e. The van der Waals surface area contributed by atoms with E-state index in [1.54, 1.807) is 6.20 Å². The molecule has 6 aromatic carbocycles. The van der Waals surface area contributed by atoms with Crippen LogP contribution >= 0.6 is 0 Å². The molecule has 0 radical (unpaired) electrons. The van der Waals surface area contributed by atoms with E-state index in [0.29, 0.717) is 29.0 Å². The van der Waals surface area contributed by atoms with Crippen LogP contribution in [0.25, 0.3) is 67.7 Å². The van der Waals surface area contributed by atoms with Crippen molar-refractivity contribution in [1.29, 1.82) is 0 Å². The van der Waals surface area contributed by atoms with Crippen LogP contribution in [0.2, 0.25) is 0 Å². The van der Waals surface area contributed by atoms with Gasteiger partial charge in [-0.25, -0.2) is 15.0 Å². The number of hydrogen-bond donors (Lipinski definition) is 0. The molecule has 0 saturated carbocycles. The summed E-state index contributed by atoms with van der Waals surface area (Å²) in [5, 5.41) is 0. The molecule has 3 heterocycles. The second kappa shape index (κ2) is 12.1. The molecule has 1 aliphatic heterocycles. The van der Waals surface area contributed by atoms with Gasteiger partial charge in [-0.3, -0.25) is 4.98 Å². The van der Waals surface area contributed by atoms with Crippen LogP contribution < -0.4 is 9.47 Å². The van der Waals surface area contributed by atoms with E-state index >= 15 is 0 Å². The predicted molar refractivity (Wildman–Crippen MR) is 209 cm³/mol. The first-order chi connectivity index (χ1) is 26.0. The predicted octanol–water partition coefficient (Wildman–Crippen LogP) is 11.8. The fraction of sp³-hybridized carbons (Fsp3) is 0.0638. The van der Waals surface area contributed by atoms with Crippen LogP contribution in [-0.4, -0.2) is 19.9 Å². The summed E-state index contributed by atoms with van der Waals surface area (Å²) in [6.07, 6.45) is 1.80. The van der Waals surface area contributed by atoms with Crippen LogP contribution in [0.4, 0.5) is 0 Å². The Bertz CT molecular complexity index is 2690. The highest BCUT2D eigenvalue weighted by atomic mass is 16.6. The summed E-state index contributed by atoms with van der Waals surface area (Å²) in [5.74, 6) is 4.70. The minimum absolute atomic E-state index is 0.113. The Hall–Kier alpha value is -6.92. The molecule has 0 unspecified atom stereocenters. The number of ether oxygens (including phenoxy) is 2. The summed E-state index contributed by atoms with van der Waals surface area (Å²) < 4.78 is 13.1.